The van der Waals surface area contributed by atoms with Crippen LogP contribution in [0.15, 0.2) is 29.2 Å². The van der Waals surface area contributed by atoms with Crippen LogP contribution in [0.3, 0.4) is 0 Å². The number of nitrogens with two attached hydrogens (primary N) is 1. The first kappa shape index (κ1) is 20.3. The van der Waals surface area contributed by atoms with Gasteiger partial charge in [-0.05, 0) is 48.8 Å². The summed E-state index contributed by atoms with van der Waals surface area (Å²) in [6.07, 6.45) is 3.30. The zero-order valence-electron chi connectivity index (χ0n) is 16.3. The van der Waals surface area contributed by atoms with Crippen LogP contribution in [-0.4, -0.2) is 55.8 Å². The summed E-state index contributed by atoms with van der Waals surface area (Å²) in [5.74, 6) is 1.23. The molecule has 2 N–H and O–H groups in total. The third kappa shape index (κ3) is 4.20. The van der Waals surface area contributed by atoms with E-state index < -0.39 is 10.0 Å². The molecule has 150 valence electrons. The number of amides is 1. The minimum atomic E-state index is -3.43. The van der Waals surface area contributed by atoms with Crippen molar-refractivity contribution >= 4 is 15.9 Å². The van der Waals surface area contributed by atoms with E-state index in [0.29, 0.717) is 42.7 Å². The topological polar surface area (TPSA) is 83.7 Å². The third-order valence-electron chi connectivity index (χ3n) is 6.16. The quantitative estimate of drug-likeness (QED) is 0.766. The van der Waals surface area contributed by atoms with Gasteiger partial charge in [-0.25, -0.2) is 8.42 Å². The molecule has 1 amide bonds. The highest BCUT2D eigenvalue weighted by Gasteiger charge is 2.42. The summed E-state index contributed by atoms with van der Waals surface area (Å²) >= 11 is 0. The highest BCUT2D eigenvalue weighted by molar-refractivity contribution is 7.89. The molecule has 0 aromatic heterocycles. The Hall–Kier alpha value is -1.44. The average molecular weight is 394 g/mol. The number of hydrogen-bond acceptors (Lipinski definition) is 4. The van der Waals surface area contributed by atoms with E-state index in [4.69, 9.17) is 5.73 Å². The van der Waals surface area contributed by atoms with E-state index in [-0.39, 0.29) is 11.9 Å². The summed E-state index contributed by atoms with van der Waals surface area (Å²) in [7, 11) is -3.43. The molecule has 1 aromatic rings. The summed E-state index contributed by atoms with van der Waals surface area (Å²) in [5, 5.41) is 0. The Morgan fingerprint density at radius 3 is 2.41 bits per heavy atom. The molecule has 2 fully saturated rings. The molecule has 3 rings (SSSR count). The molecule has 0 radical (unpaired) electrons. The van der Waals surface area contributed by atoms with E-state index in [9.17, 15) is 13.2 Å². The first-order valence-electron chi connectivity index (χ1n) is 9.99. The highest BCUT2D eigenvalue weighted by Crippen LogP contribution is 2.37. The van der Waals surface area contributed by atoms with Gasteiger partial charge in [-0.3, -0.25) is 4.79 Å². The van der Waals surface area contributed by atoms with Crippen molar-refractivity contribution in [1.82, 2.24) is 9.21 Å². The lowest BCUT2D eigenvalue weighted by atomic mass is 9.98. The van der Waals surface area contributed by atoms with Crippen molar-refractivity contribution in [2.24, 2.45) is 17.6 Å². The van der Waals surface area contributed by atoms with Crippen molar-refractivity contribution in [3.05, 3.63) is 29.8 Å². The molecule has 6 nitrogen and oxygen atoms in total. The second kappa shape index (κ2) is 8.29. The van der Waals surface area contributed by atoms with Crippen molar-refractivity contribution in [1.29, 1.82) is 0 Å². The first-order valence-corrected chi connectivity index (χ1v) is 11.4. The second-order valence-corrected chi connectivity index (χ2v) is 9.64. The Balaban J connectivity index is 1.55. The zero-order chi connectivity index (χ0) is 19.6. The maximum Gasteiger partial charge on any atom is 0.243 e. The minimum absolute atomic E-state index is 0.177. The van der Waals surface area contributed by atoms with Crippen LogP contribution in [0, 0.1) is 11.8 Å². The van der Waals surface area contributed by atoms with Gasteiger partial charge in [-0.15, -0.1) is 0 Å². The number of aryl methyl sites for hydroxylation is 1. The van der Waals surface area contributed by atoms with Gasteiger partial charge in [-0.1, -0.05) is 26.0 Å². The molecule has 1 aromatic carbocycles. The van der Waals surface area contributed by atoms with Gasteiger partial charge in [0.25, 0.3) is 0 Å². The number of hydrogen-bond donors (Lipinski definition) is 1. The van der Waals surface area contributed by atoms with Crippen LogP contribution in [-0.2, 0) is 21.2 Å². The maximum atomic E-state index is 12.5. The van der Waals surface area contributed by atoms with E-state index in [2.05, 4.69) is 0 Å². The lowest BCUT2D eigenvalue weighted by Crippen LogP contribution is -2.33. The summed E-state index contributed by atoms with van der Waals surface area (Å²) < 4.78 is 26.5. The number of benzene rings is 1. The lowest BCUT2D eigenvalue weighted by molar-refractivity contribution is -0.130. The molecule has 1 heterocycles. The number of rotatable bonds is 7. The molecule has 0 spiro atoms. The number of carbonyl (C=O) groups is 1. The maximum absolute atomic E-state index is 12.5. The van der Waals surface area contributed by atoms with Gasteiger partial charge in [0.05, 0.1) is 4.90 Å². The number of nitrogens with zero attached hydrogens (tertiary/aromatic N) is 2. The van der Waals surface area contributed by atoms with E-state index in [1.807, 2.05) is 30.9 Å². The van der Waals surface area contributed by atoms with Gasteiger partial charge in [0.15, 0.2) is 0 Å². The van der Waals surface area contributed by atoms with E-state index >= 15 is 0 Å². The van der Waals surface area contributed by atoms with Crippen molar-refractivity contribution in [2.75, 3.05) is 26.2 Å². The predicted octanol–water partition coefficient (Wildman–Crippen LogP) is 1.85. The standard InChI is InChI=1S/C20H31N3O3S/c1-3-23(4-2)27(25,26)17-9-5-15(6-10-17)7-12-20(24)22-13-16-8-11-19(21)18(16)14-22/h5-6,9-10,16,18-19H,3-4,7-8,11-14,21H2,1-2H3. The fourth-order valence-corrected chi connectivity index (χ4v) is 5.92. The fourth-order valence-electron chi connectivity index (χ4n) is 4.46. The molecule has 3 unspecified atom stereocenters. The SMILES string of the molecule is CCN(CC)S(=O)(=O)c1ccc(CCC(=O)N2CC3CCC(N)C3C2)cc1. The van der Waals surface area contributed by atoms with Gasteiger partial charge >= 0.3 is 0 Å². The minimum Gasteiger partial charge on any atom is -0.342 e. The summed E-state index contributed by atoms with van der Waals surface area (Å²) in [6, 6.07) is 7.17. The highest BCUT2D eigenvalue weighted by atomic mass is 32.2. The molecule has 27 heavy (non-hydrogen) atoms. The molecule has 1 saturated heterocycles. The number of likely N-dealkylation sites (tertiary alicyclic amines) is 1. The molecule has 3 atom stereocenters. The van der Waals surface area contributed by atoms with E-state index in [0.717, 1.165) is 31.5 Å². The average Bonchev–Trinajstić information content (AvgIpc) is 3.23. The molecule has 1 aliphatic carbocycles. The second-order valence-electron chi connectivity index (χ2n) is 7.70. The van der Waals surface area contributed by atoms with Gasteiger partial charge in [0.2, 0.25) is 15.9 Å². The predicted molar refractivity (Wildman–Crippen MR) is 106 cm³/mol. The number of fused-ring (bicyclic) bond motifs is 1. The van der Waals surface area contributed by atoms with Crippen LogP contribution in [0.25, 0.3) is 0 Å². The molecular weight excluding hydrogens is 362 g/mol. The largest absolute Gasteiger partial charge is 0.342 e. The third-order valence-corrected chi connectivity index (χ3v) is 8.22. The van der Waals surface area contributed by atoms with E-state index in [1.165, 1.54) is 4.31 Å². The normalized spacial score (nSPS) is 25.2. The molecule has 1 saturated carbocycles. The number of carbonyl (C=O) groups excluding carboxylic acids is 1. The van der Waals surface area contributed by atoms with Crippen LogP contribution >= 0.6 is 0 Å². The van der Waals surface area contributed by atoms with Crippen LogP contribution in [0.1, 0.15) is 38.7 Å². The van der Waals surface area contributed by atoms with Crippen LogP contribution in [0.5, 0.6) is 0 Å². The van der Waals surface area contributed by atoms with Gasteiger partial charge < -0.3 is 10.6 Å². The summed E-state index contributed by atoms with van der Waals surface area (Å²) in [4.78, 5) is 14.8. The Morgan fingerprint density at radius 1 is 1.15 bits per heavy atom. The first-order chi connectivity index (χ1) is 12.9. The van der Waals surface area contributed by atoms with Gasteiger partial charge in [0.1, 0.15) is 0 Å². The van der Waals surface area contributed by atoms with Gasteiger partial charge in [0, 0.05) is 38.6 Å². The smallest absolute Gasteiger partial charge is 0.243 e. The van der Waals surface area contributed by atoms with Crippen LogP contribution in [0.2, 0.25) is 0 Å². The molecule has 2 aliphatic rings. The van der Waals surface area contributed by atoms with E-state index in [1.54, 1.807) is 12.1 Å². The summed E-state index contributed by atoms with van der Waals surface area (Å²) in [5.41, 5.74) is 7.13. The zero-order valence-corrected chi connectivity index (χ0v) is 17.1. The Kier molecular flexibility index (Phi) is 6.23. The molecule has 1 aliphatic heterocycles. The summed E-state index contributed by atoms with van der Waals surface area (Å²) in [6.45, 7) is 6.22. The van der Waals surface area contributed by atoms with Gasteiger partial charge in [-0.2, -0.15) is 4.31 Å². The Bertz CT molecular complexity index is 759. The van der Waals surface area contributed by atoms with Crippen molar-refractivity contribution < 1.29 is 13.2 Å². The Labute approximate surface area is 162 Å². The van der Waals surface area contributed by atoms with Crippen LogP contribution < -0.4 is 5.73 Å². The fraction of sp³-hybridized carbons (Fsp3) is 0.650. The molecule has 7 heteroatoms. The number of sulfonamides is 1. The van der Waals surface area contributed by atoms with Crippen molar-refractivity contribution in [2.45, 2.75) is 50.5 Å². The monoisotopic (exact) mass is 393 g/mol. The molecular formula is C20H31N3O3S. The molecule has 0 bridgehead atoms. The lowest BCUT2D eigenvalue weighted by Gasteiger charge is -2.19. The Morgan fingerprint density at radius 2 is 1.81 bits per heavy atom. The van der Waals surface area contributed by atoms with Crippen molar-refractivity contribution in [3.63, 3.8) is 0 Å². The van der Waals surface area contributed by atoms with Crippen LogP contribution in [0.4, 0.5) is 0 Å². The van der Waals surface area contributed by atoms with Crippen molar-refractivity contribution in [3.8, 4) is 0 Å².